The molecular weight excluding hydrogens is 204 g/mol. The van der Waals surface area contributed by atoms with E-state index in [-0.39, 0.29) is 0 Å². The highest BCUT2D eigenvalue weighted by Gasteiger charge is 2.09. The molecule has 16 heavy (non-hydrogen) atoms. The number of rotatable bonds is 3. The quantitative estimate of drug-likeness (QED) is 0.796. The van der Waals surface area contributed by atoms with E-state index < -0.39 is 5.97 Å². The van der Waals surface area contributed by atoms with Crippen LogP contribution < -0.4 is 0 Å². The Bertz CT molecular complexity index is 339. The lowest BCUT2D eigenvalue weighted by molar-refractivity contribution is -0.134. The van der Waals surface area contributed by atoms with E-state index in [0.717, 1.165) is 20.0 Å². The van der Waals surface area contributed by atoms with Gasteiger partial charge in [0.2, 0.25) is 0 Å². The summed E-state index contributed by atoms with van der Waals surface area (Å²) in [6, 6.07) is 10.3. The van der Waals surface area contributed by atoms with Crippen LogP contribution in [-0.2, 0) is 16.1 Å². The van der Waals surface area contributed by atoms with Gasteiger partial charge in [0, 0.05) is 6.92 Å². The Labute approximate surface area is 95.4 Å². The van der Waals surface area contributed by atoms with Crippen molar-refractivity contribution in [2.75, 3.05) is 0 Å². The predicted octanol–water partition coefficient (Wildman–Crippen LogP) is 2.62. The van der Waals surface area contributed by atoms with E-state index in [2.05, 4.69) is 24.3 Å². The summed E-state index contributed by atoms with van der Waals surface area (Å²) in [6.07, 6.45) is 5.68. The fraction of sp³-hybridized carbons (Fsp3) is 0.308. The lowest BCUT2D eigenvalue weighted by Crippen LogP contribution is -2.14. The molecule has 1 aliphatic rings. The number of carboxylic acid groups (broad SMARTS) is 1. The molecule has 1 aromatic carbocycles. The zero-order chi connectivity index (χ0) is 11.8. The lowest BCUT2D eigenvalue weighted by atomic mass is 10.1. The van der Waals surface area contributed by atoms with Crippen molar-refractivity contribution >= 4 is 5.97 Å². The Balaban J connectivity index is 0.000000280. The molecule has 0 spiro atoms. The highest BCUT2D eigenvalue weighted by molar-refractivity contribution is 5.62. The van der Waals surface area contributed by atoms with Crippen LogP contribution in [0.3, 0.4) is 0 Å². The van der Waals surface area contributed by atoms with Crippen LogP contribution in [-0.4, -0.2) is 17.2 Å². The van der Waals surface area contributed by atoms with E-state index in [4.69, 9.17) is 14.6 Å². The molecule has 1 atom stereocenters. The van der Waals surface area contributed by atoms with Crippen LogP contribution in [0, 0.1) is 0 Å². The number of hydrogen-bond donors (Lipinski definition) is 1. The van der Waals surface area contributed by atoms with E-state index in [0.29, 0.717) is 6.10 Å². The molecule has 0 aromatic heterocycles. The number of carboxylic acids is 1. The van der Waals surface area contributed by atoms with Crippen LogP contribution in [0.4, 0.5) is 0 Å². The largest absolute Gasteiger partial charge is 0.481 e. The molecule has 0 fully saturated rings. The minimum atomic E-state index is -0.833. The minimum Gasteiger partial charge on any atom is -0.481 e. The fourth-order valence-corrected chi connectivity index (χ4v) is 1.15. The molecule has 0 aliphatic heterocycles. The molecule has 1 aliphatic carbocycles. The van der Waals surface area contributed by atoms with Gasteiger partial charge in [-0.3, -0.25) is 4.79 Å². The zero-order valence-electron chi connectivity index (χ0n) is 9.30. The van der Waals surface area contributed by atoms with Gasteiger partial charge in [-0.15, -0.1) is 0 Å². The van der Waals surface area contributed by atoms with Crippen molar-refractivity contribution in [3.8, 4) is 0 Å². The summed E-state index contributed by atoms with van der Waals surface area (Å²) < 4.78 is 5.58. The van der Waals surface area contributed by atoms with Gasteiger partial charge in [0.25, 0.3) is 5.97 Å². The van der Waals surface area contributed by atoms with Gasteiger partial charge in [-0.1, -0.05) is 42.5 Å². The summed E-state index contributed by atoms with van der Waals surface area (Å²) in [6.45, 7) is 1.82. The first kappa shape index (κ1) is 12.5. The number of hydrogen-bond acceptors (Lipinski definition) is 2. The Morgan fingerprint density at radius 3 is 2.44 bits per heavy atom. The summed E-state index contributed by atoms with van der Waals surface area (Å²) in [7, 11) is 0. The number of carbonyl (C=O) groups is 1. The number of aliphatic carboxylic acids is 1. The maximum Gasteiger partial charge on any atom is 0.300 e. The standard InChI is InChI=1S/C11H12O.C2H4O2/c1-2-5-10(6-3-1)9-12-11-7-4-8-11;1-2(3)4/h1-7,11H,8-9H2;1H3,(H,3,4). The summed E-state index contributed by atoms with van der Waals surface area (Å²) in [5.41, 5.74) is 1.25. The Hall–Kier alpha value is -1.61. The van der Waals surface area contributed by atoms with Crippen molar-refractivity contribution in [3.63, 3.8) is 0 Å². The average molecular weight is 220 g/mol. The summed E-state index contributed by atoms with van der Waals surface area (Å²) in [5, 5.41) is 7.42. The van der Waals surface area contributed by atoms with Crippen LogP contribution >= 0.6 is 0 Å². The third-order valence-electron chi connectivity index (χ3n) is 2.03. The van der Waals surface area contributed by atoms with Gasteiger partial charge >= 0.3 is 0 Å². The van der Waals surface area contributed by atoms with Crippen molar-refractivity contribution in [1.29, 1.82) is 0 Å². The molecule has 1 unspecified atom stereocenters. The van der Waals surface area contributed by atoms with Crippen LogP contribution in [0.25, 0.3) is 0 Å². The van der Waals surface area contributed by atoms with Crippen LogP contribution in [0.1, 0.15) is 18.9 Å². The first-order chi connectivity index (χ1) is 7.68. The van der Waals surface area contributed by atoms with E-state index in [9.17, 15) is 0 Å². The maximum atomic E-state index is 9.00. The smallest absolute Gasteiger partial charge is 0.300 e. The third-order valence-corrected chi connectivity index (χ3v) is 2.03. The van der Waals surface area contributed by atoms with Gasteiger partial charge in [-0.05, 0) is 12.0 Å². The van der Waals surface area contributed by atoms with Gasteiger partial charge in [-0.2, -0.15) is 0 Å². The van der Waals surface area contributed by atoms with Crippen LogP contribution in [0.5, 0.6) is 0 Å². The molecule has 2 rings (SSSR count). The molecule has 0 bridgehead atoms. The SMILES string of the molecule is C1=CC(OCc2ccccc2)C1.CC(=O)O. The van der Waals surface area contributed by atoms with E-state index in [1.165, 1.54) is 5.56 Å². The molecule has 0 saturated heterocycles. The van der Waals surface area contributed by atoms with Crippen molar-refractivity contribution in [3.05, 3.63) is 48.0 Å². The fourth-order valence-electron chi connectivity index (χ4n) is 1.15. The second-order valence-electron chi connectivity index (χ2n) is 3.52. The Kier molecular flexibility index (Phi) is 5.29. The van der Waals surface area contributed by atoms with Crippen LogP contribution in [0.2, 0.25) is 0 Å². The molecule has 0 heterocycles. The van der Waals surface area contributed by atoms with Gasteiger partial charge in [0.15, 0.2) is 0 Å². The van der Waals surface area contributed by atoms with Crippen molar-refractivity contribution < 1.29 is 14.6 Å². The first-order valence-electron chi connectivity index (χ1n) is 5.20. The summed E-state index contributed by atoms with van der Waals surface area (Å²) >= 11 is 0. The molecule has 0 amide bonds. The van der Waals surface area contributed by atoms with Crippen LogP contribution in [0.15, 0.2) is 42.5 Å². The third kappa shape index (κ3) is 5.32. The topological polar surface area (TPSA) is 46.5 Å². The first-order valence-corrected chi connectivity index (χ1v) is 5.20. The minimum absolute atomic E-state index is 0.366. The van der Waals surface area contributed by atoms with E-state index >= 15 is 0 Å². The summed E-state index contributed by atoms with van der Waals surface area (Å²) in [5.74, 6) is -0.833. The Morgan fingerprint density at radius 2 is 2.00 bits per heavy atom. The van der Waals surface area contributed by atoms with Gasteiger partial charge in [-0.25, -0.2) is 0 Å². The monoisotopic (exact) mass is 220 g/mol. The molecule has 86 valence electrons. The van der Waals surface area contributed by atoms with Gasteiger partial charge < -0.3 is 9.84 Å². The van der Waals surface area contributed by atoms with Gasteiger partial charge in [0.05, 0.1) is 12.7 Å². The molecule has 3 heteroatoms. The Morgan fingerprint density at radius 1 is 1.44 bits per heavy atom. The molecule has 0 saturated carbocycles. The van der Waals surface area contributed by atoms with E-state index in [1.54, 1.807) is 0 Å². The molecule has 3 nitrogen and oxygen atoms in total. The molecule has 1 N–H and O–H groups in total. The number of ether oxygens (including phenoxy) is 1. The van der Waals surface area contributed by atoms with Crippen molar-refractivity contribution in [2.24, 2.45) is 0 Å². The second kappa shape index (κ2) is 6.80. The van der Waals surface area contributed by atoms with Crippen molar-refractivity contribution in [1.82, 2.24) is 0 Å². The average Bonchev–Trinajstić information content (AvgIpc) is 2.16. The molecular formula is C13H16O3. The maximum absolute atomic E-state index is 9.00. The zero-order valence-corrected chi connectivity index (χ0v) is 9.30. The second-order valence-corrected chi connectivity index (χ2v) is 3.52. The van der Waals surface area contributed by atoms with Gasteiger partial charge in [0.1, 0.15) is 0 Å². The highest BCUT2D eigenvalue weighted by atomic mass is 16.5. The van der Waals surface area contributed by atoms with E-state index in [1.807, 2.05) is 18.2 Å². The number of benzene rings is 1. The predicted molar refractivity (Wildman–Crippen MR) is 62.1 cm³/mol. The molecule has 0 radical (unpaired) electrons. The summed E-state index contributed by atoms with van der Waals surface area (Å²) in [4.78, 5) is 9.00. The normalized spacial score (nSPS) is 16.9. The lowest BCUT2D eigenvalue weighted by Gasteiger charge is -2.18. The van der Waals surface area contributed by atoms with Crippen molar-refractivity contribution in [2.45, 2.75) is 26.1 Å². The molecule has 1 aromatic rings. The highest BCUT2D eigenvalue weighted by Crippen LogP contribution is 2.14.